The predicted octanol–water partition coefficient (Wildman–Crippen LogP) is 4.59. The van der Waals surface area contributed by atoms with E-state index in [0.717, 1.165) is 35.6 Å². The maximum absolute atomic E-state index is 12.9. The molecule has 2 aromatic carbocycles. The van der Waals surface area contributed by atoms with Crippen LogP contribution in [-0.4, -0.2) is 35.3 Å². The highest BCUT2D eigenvalue weighted by atomic mass is 16.5. The normalized spacial score (nSPS) is 11.4. The first-order valence-corrected chi connectivity index (χ1v) is 11.2. The van der Waals surface area contributed by atoms with Crippen LogP contribution in [0.3, 0.4) is 0 Å². The van der Waals surface area contributed by atoms with E-state index in [1.54, 1.807) is 31.4 Å². The molecule has 0 fully saturated rings. The lowest BCUT2D eigenvalue weighted by molar-refractivity contribution is 0.0977. The van der Waals surface area contributed by atoms with Crippen molar-refractivity contribution < 1.29 is 9.53 Å². The second-order valence-corrected chi connectivity index (χ2v) is 8.07. The molecule has 174 valence electrons. The summed E-state index contributed by atoms with van der Waals surface area (Å²) in [6.07, 6.45) is 0.744. The zero-order valence-electron chi connectivity index (χ0n) is 20.3. The number of amides is 1. The molecular formula is C26H33N5O2. The Morgan fingerprint density at radius 3 is 2.42 bits per heavy atom. The summed E-state index contributed by atoms with van der Waals surface area (Å²) >= 11 is 0. The molecule has 0 saturated carbocycles. The molecule has 1 heterocycles. The van der Waals surface area contributed by atoms with Crippen molar-refractivity contribution in [2.24, 2.45) is 4.99 Å². The molecule has 7 heteroatoms. The van der Waals surface area contributed by atoms with Crippen molar-refractivity contribution in [1.82, 2.24) is 15.1 Å². The van der Waals surface area contributed by atoms with Crippen LogP contribution >= 0.6 is 0 Å². The third-order valence-corrected chi connectivity index (χ3v) is 5.68. The van der Waals surface area contributed by atoms with Crippen molar-refractivity contribution in [1.29, 1.82) is 0 Å². The van der Waals surface area contributed by atoms with Gasteiger partial charge in [0.05, 0.1) is 12.8 Å². The molecule has 0 aliphatic rings. The predicted molar refractivity (Wildman–Crippen MR) is 133 cm³/mol. The van der Waals surface area contributed by atoms with Crippen molar-refractivity contribution in [3.05, 3.63) is 76.1 Å². The van der Waals surface area contributed by atoms with Crippen LogP contribution in [0.15, 0.2) is 47.5 Å². The van der Waals surface area contributed by atoms with Crippen LogP contribution in [0.5, 0.6) is 5.75 Å². The monoisotopic (exact) mass is 447 g/mol. The van der Waals surface area contributed by atoms with Gasteiger partial charge in [-0.05, 0) is 82.5 Å². The molecule has 0 unspecified atom stereocenters. The number of ether oxygens (including phenoxy) is 1. The van der Waals surface area contributed by atoms with E-state index in [4.69, 9.17) is 9.73 Å². The van der Waals surface area contributed by atoms with Gasteiger partial charge in [0.2, 0.25) is 5.96 Å². The average molecular weight is 448 g/mol. The fourth-order valence-corrected chi connectivity index (χ4v) is 3.80. The first-order valence-electron chi connectivity index (χ1n) is 11.2. The van der Waals surface area contributed by atoms with Crippen LogP contribution in [0.4, 0.5) is 5.69 Å². The van der Waals surface area contributed by atoms with Crippen LogP contribution in [0.2, 0.25) is 0 Å². The third-order valence-electron chi connectivity index (χ3n) is 5.68. The molecular weight excluding hydrogens is 414 g/mol. The first-order chi connectivity index (χ1) is 15.8. The highest BCUT2D eigenvalue weighted by Gasteiger charge is 2.13. The van der Waals surface area contributed by atoms with Crippen LogP contribution in [0, 0.1) is 27.7 Å². The number of carbonyl (C=O) groups excluding carboxylic acids is 1. The van der Waals surface area contributed by atoms with Gasteiger partial charge in [-0.2, -0.15) is 5.10 Å². The number of benzene rings is 2. The number of nitrogens with one attached hydrogen (secondary N) is 2. The molecule has 0 radical (unpaired) electrons. The van der Waals surface area contributed by atoms with Crippen LogP contribution < -0.4 is 15.4 Å². The Kier molecular flexibility index (Phi) is 7.87. The highest BCUT2D eigenvalue weighted by Crippen LogP contribution is 2.17. The van der Waals surface area contributed by atoms with E-state index in [9.17, 15) is 4.79 Å². The Bertz CT molecular complexity index is 1150. The zero-order valence-corrected chi connectivity index (χ0v) is 20.3. The van der Waals surface area contributed by atoms with Gasteiger partial charge in [0.25, 0.3) is 5.91 Å². The number of hydrogen-bond acceptors (Lipinski definition) is 4. The fraction of sp³-hybridized carbons (Fsp3) is 0.346. The number of carbonyl (C=O) groups is 1. The number of methoxy groups -OCH3 is 1. The Labute approximate surface area is 195 Å². The lowest BCUT2D eigenvalue weighted by atomic mass is 10.1. The number of aryl methyl sites for hydroxylation is 4. The molecule has 3 rings (SSSR count). The van der Waals surface area contributed by atoms with Crippen molar-refractivity contribution in [3.8, 4) is 5.75 Å². The van der Waals surface area contributed by atoms with Gasteiger partial charge in [-0.25, -0.2) is 0 Å². The Balaban J connectivity index is 1.80. The summed E-state index contributed by atoms with van der Waals surface area (Å²) in [6.45, 7) is 11.6. The van der Waals surface area contributed by atoms with Crippen LogP contribution in [0.25, 0.3) is 0 Å². The van der Waals surface area contributed by atoms with Gasteiger partial charge in [-0.15, -0.1) is 0 Å². The van der Waals surface area contributed by atoms with Crippen molar-refractivity contribution in [2.75, 3.05) is 19.0 Å². The molecule has 0 spiro atoms. The highest BCUT2D eigenvalue weighted by molar-refractivity contribution is 6.10. The minimum Gasteiger partial charge on any atom is -0.497 e. The molecule has 0 aliphatic heterocycles. The number of aromatic nitrogens is 2. The largest absolute Gasteiger partial charge is 0.497 e. The molecule has 7 nitrogen and oxygen atoms in total. The average Bonchev–Trinajstić information content (AvgIpc) is 3.08. The first kappa shape index (κ1) is 24.0. The van der Waals surface area contributed by atoms with E-state index < -0.39 is 0 Å². The summed E-state index contributed by atoms with van der Waals surface area (Å²) in [6, 6.07) is 13.1. The standard InChI is InChI=1S/C26H33N5O2/c1-7-31-20(5)23(19(4)30-31)14-15-27-26(28-24-13-8-17(2)16-18(24)3)29-25(32)21-9-11-22(33-6)12-10-21/h8-13,16H,7,14-15H2,1-6H3,(H2,27,28,29,32). The lowest BCUT2D eigenvalue weighted by Crippen LogP contribution is -2.36. The number of hydrogen-bond donors (Lipinski definition) is 2. The van der Waals surface area contributed by atoms with E-state index in [1.165, 1.54) is 11.1 Å². The molecule has 0 atom stereocenters. The summed E-state index contributed by atoms with van der Waals surface area (Å²) in [5, 5.41) is 10.8. The van der Waals surface area contributed by atoms with Gasteiger partial charge in [0.1, 0.15) is 5.75 Å². The molecule has 33 heavy (non-hydrogen) atoms. The fourth-order valence-electron chi connectivity index (χ4n) is 3.80. The number of nitrogens with zero attached hydrogens (tertiary/aromatic N) is 3. The van der Waals surface area contributed by atoms with Crippen LogP contribution in [-0.2, 0) is 13.0 Å². The van der Waals surface area contributed by atoms with Crippen molar-refractivity contribution in [2.45, 2.75) is 47.6 Å². The van der Waals surface area contributed by atoms with Gasteiger partial charge < -0.3 is 10.1 Å². The minimum absolute atomic E-state index is 0.236. The number of rotatable bonds is 7. The Hall–Kier alpha value is -3.61. The molecule has 1 aromatic heterocycles. The smallest absolute Gasteiger partial charge is 0.257 e. The maximum atomic E-state index is 12.9. The molecule has 3 aromatic rings. The van der Waals surface area contributed by atoms with Gasteiger partial charge in [-0.1, -0.05) is 17.7 Å². The summed E-state index contributed by atoms with van der Waals surface area (Å²) in [5.74, 6) is 0.882. The minimum atomic E-state index is -0.236. The topological polar surface area (TPSA) is 80.5 Å². The van der Waals surface area contributed by atoms with Crippen molar-refractivity contribution >= 4 is 17.6 Å². The van der Waals surface area contributed by atoms with E-state index in [0.29, 0.717) is 23.8 Å². The van der Waals surface area contributed by atoms with Gasteiger partial charge in [0.15, 0.2) is 0 Å². The van der Waals surface area contributed by atoms with Gasteiger partial charge in [-0.3, -0.25) is 19.8 Å². The maximum Gasteiger partial charge on any atom is 0.257 e. The Morgan fingerprint density at radius 1 is 1.09 bits per heavy atom. The Morgan fingerprint density at radius 2 is 1.82 bits per heavy atom. The molecule has 0 bridgehead atoms. The van der Waals surface area contributed by atoms with Gasteiger partial charge >= 0.3 is 0 Å². The summed E-state index contributed by atoms with van der Waals surface area (Å²) in [7, 11) is 1.60. The van der Waals surface area contributed by atoms with Crippen molar-refractivity contribution in [3.63, 3.8) is 0 Å². The zero-order chi connectivity index (χ0) is 24.0. The molecule has 0 saturated heterocycles. The molecule has 2 N–H and O–H groups in total. The van der Waals surface area contributed by atoms with Crippen LogP contribution in [0.1, 0.15) is 45.4 Å². The number of guanidine groups is 1. The second kappa shape index (κ2) is 10.8. The number of anilines is 1. The third kappa shape index (κ3) is 6.00. The summed E-state index contributed by atoms with van der Waals surface area (Å²) in [5.41, 5.74) is 7.08. The summed E-state index contributed by atoms with van der Waals surface area (Å²) < 4.78 is 7.19. The molecule has 0 aliphatic carbocycles. The second-order valence-electron chi connectivity index (χ2n) is 8.07. The lowest BCUT2D eigenvalue weighted by Gasteiger charge is -2.14. The quantitative estimate of drug-likeness (QED) is 0.410. The molecule has 1 amide bonds. The van der Waals surface area contributed by atoms with E-state index >= 15 is 0 Å². The summed E-state index contributed by atoms with van der Waals surface area (Å²) in [4.78, 5) is 17.6. The number of aliphatic imine (C=N–C) groups is 1. The van der Waals surface area contributed by atoms with Gasteiger partial charge in [0, 0.05) is 30.0 Å². The van der Waals surface area contributed by atoms with E-state index in [2.05, 4.69) is 42.6 Å². The SMILES string of the molecule is CCn1nc(C)c(CCN=C(NC(=O)c2ccc(OC)cc2)Nc2ccc(C)cc2C)c1C. The van der Waals surface area contributed by atoms with E-state index in [1.807, 2.05) is 30.7 Å². The van der Waals surface area contributed by atoms with E-state index in [-0.39, 0.29) is 5.91 Å².